The normalized spacial score (nSPS) is 14.1. The Balaban J connectivity index is 5.10. The van der Waals surface area contributed by atoms with Gasteiger partial charge in [0.25, 0.3) is 0 Å². The van der Waals surface area contributed by atoms with E-state index in [1.54, 1.807) is 0 Å². The quantitative estimate of drug-likeness (QED) is 0.610. The molecule has 0 aliphatic carbocycles. The molecule has 0 amide bonds. The highest BCUT2D eigenvalue weighted by Crippen LogP contribution is 2.29. The molecule has 0 spiro atoms. The Morgan fingerprint density at radius 1 is 1.06 bits per heavy atom. The second-order valence-electron chi connectivity index (χ2n) is 4.96. The van der Waals surface area contributed by atoms with Gasteiger partial charge in [0.15, 0.2) is 5.78 Å². The van der Waals surface area contributed by atoms with E-state index in [1.807, 2.05) is 0 Å². The summed E-state index contributed by atoms with van der Waals surface area (Å²) in [5.41, 5.74) is -0.224. The Kier molecular flexibility index (Phi) is 7.69. The van der Waals surface area contributed by atoms with Crippen molar-refractivity contribution < 1.29 is 4.79 Å². The van der Waals surface area contributed by atoms with Gasteiger partial charge in [-0.05, 0) is 32.4 Å². The molecule has 1 atom stereocenters. The van der Waals surface area contributed by atoms with Crippen LogP contribution in [0.5, 0.6) is 0 Å². The van der Waals surface area contributed by atoms with Crippen LogP contribution in [0.15, 0.2) is 0 Å². The van der Waals surface area contributed by atoms with Crippen molar-refractivity contribution >= 4 is 5.78 Å². The van der Waals surface area contributed by atoms with Crippen LogP contribution in [-0.2, 0) is 4.79 Å². The van der Waals surface area contributed by atoms with E-state index in [0.717, 1.165) is 38.8 Å². The van der Waals surface area contributed by atoms with Gasteiger partial charge in [0.05, 0.1) is 5.54 Å². The van der Waals surface area contributed by atoms with Gasteiger partial charge in [0.2, 0.25) is 0 Å². The molecule has 0 fully saturated rings. The lowest BCUT2D eigenvalue weighted by molar-refractivity contribution is -0.136. The highest BCUT2D eigenvalue weighted by molar-refractivity contribution is 5.90. The minimum atomic E-state index is -0.224. The first kappa shape index (κ1) is 16.6. The average molecular weight is 241 g/mol. The third-order valence-corrected chi connectivity index (χ3v) is 4.17. The third kappa shape index (κ3) is 3.54. The second-order valence-corrected chi connectivity index (χ2v) is 4.96. The smallest absolute Gasteiger partial charge is 0.155 e. The van der Waals surface area contributed by atoms with Crippen LogP contribution in [0.4, 0.5) is 0 Å². The zero-order valence-electron chi connectivity index (χ0n) is 12.7. The Bertz CT molecular complexity index is 217. The topological polar surface area (TPSA) is 20.3 Å². The maximum atomic E-state index is 12.7. The van der Waals surface area contributed by atoms with Crippen LogP contribution in [0, 0.1) is 5.92 Å². The molecule has 0 rings (SSSR count). The summed E-state index contributed by atoms with van der Waals surface area (Å²) in [5, 5.41) is 0. The number of hydrogen-bond donors (Lipinski definition) is 0. The predicted octanol–water partition coefficient (Wildman–Crippen LogP) is 3.89. The molecule has 0 aliphatic rings. The standard InChI is InChI=1S/C15H31NO/c1-7-12-13(6)14(17)15(8-2,9-3)16(10-4)11-5/h13H,7-12H2,1-6H3. The van der Waals surface area contributed by atoms with Gasteiger partial charge >= 0.3 is 0 Å². The van der Waals surface area contributed by atoms with Crippen molar-refractivity contribution in [1.82, 2.24) is 4.90 Å². The number of rotatable bonds is 9. The van der Waals surface area contributed by atoms with Crippen molar-refractivity contribution in [2.24, 2.45) is 5.92 Å². The molecule has 0 heterocycles. The first-order chi connectivity index (χ1) is 8.03. The maximum absolute atomic E-state index is 12.7. The van der Waals surface area contributed by atoms with Crippen LogP contribution in [-0.4, -0.2) is 29.3 Å². The zero-order valence-corrected chi connectivity index (χ0v) is 12.7. The van der Waals surface area contributed by atoms with Gasteiger partial charge in [-0.15, -0.1) is 0 Å². The minimum Gasteiger partial charge on any atom is -0.297 e. The summed E-state index contributed by atoms with van der Waals surface area (Å²) >= 11 is 0. The lowest BCUT2D eigenvalue weighted by Gasteiger charge is -2.42. The molecule has 1 unspecified atom stereocenters. The number of carbonyl (C=O) groups excluding carboxylic acids is 1. The van der Waals surface area contributed by atoms with Gasteiger partial charge in [0, 0.05) is 5.92 Å². The van der Waals surface area contributed by atoms with Gasteiger partial charge in [0.1, 0.15) is 0 Å². The Labute approximate surface area is 108 Å². The van der Waals surface area contributed by atoms with Gasteiger partial charge < -0.3 is 0 Å². The lowest BCUT2D eigenvalue weighted by atomic mass is 9.79. The fraction of sp³-hybridized carbons (Fsp3) is 0.933. The van der Waals surface area contributed by atoms with Gasteiger partial charge in [-0.1, -0.05) is 48.0 Å². The number of Topliss-reactive ketones (excluding diaryl/α,β-unsaturated/α-hetero) is 1. The molecule has 0 aromatic rings. The highest BCUT2D eigenvalue weighted by atomic mass is 16.1. The molecule has 0 saturated carbocycles. The van der Waals surface area contributed by atoms with E-state index in [2.05, 4.69) is 46.4 Å². The molecule has 17 heavy (non-hydrogen) atoms. The fourth-order valence-electron chi connectivity index (χ4n) is 3.05. The number of ketones is 1. The SMILES string of the molecule is CCCC(C)C(=O)C(CC)(CC)N(CC)CC. The maximum Gasteiger partial charge on any atom is 0.155 e. The van der Waals surface area contributed by atoms with E-state index in [1.165, 1.54) is 0 Å². The molecule has 0 bridgehead atoms. The predicted molar refractivity (Wildman–Crippen MR) is 75.3 cm³/mol. The van der Waals surface area contributed by atoms with Gasteiger partial charge in [-0.25, -0.2) is 0 Å². The number of hydrogen-bond acceptors (Lipinski definition) is 2. The van der Waals surface area contributed by atoms with Crippen LogP contribution in [0.25, 0.3) is 0 Å². The van der Waals surface area contributed by atoms with E-state index in [-0.39, 0.29) is 11.5 Å². The summed E-state index contributed by atoms with van der Waals surface area (Å²) in [6, 6.07) is 0. The number of likely N-dealkylation sites (N-methyl/N-ethyl adjacent to an activating group) is 1. The van der Waals surface area contributed by atoms with Crippen LogP contribution >= 0.6 is 0 Å². The monoisotopic (exact) mass is 241 g/mol. The molecule has 0 saturated heterocycles. The van der Waals surface area contributed by atoms with E-state index in [9.17, 15) is 4.79 Å². The Morgan fingerprint density at radius 3 is 1.82 bits per heavy atom. The van der Waals surface area contributed by atoms with E-state index in [4.69, 9.17) is 0 Å². The summed E-state index contributed by atoms with van der Waals surface area (Å²) in [5.74, 6) is 0.647. The molecule has 0 aromatic carbocycles. The van der Waals surface area contributed by atoms with Crippen molar-refractivity contribution in [3.63, 3.8) is 0 Å². The van der Waals surface area contributed by atoms with Crippen molar-refractivity contribution in [1.29, 1.82) is 0 Å². The summed E-state index contributed by atoms with van der Waals surface area (Å²) < 4.78 is 0. The van der Waals surface area contributed by atoms with Crippen LogP contribution < -0.4 is 0 Å². The van der Waals surface area contributed by atoms with Crippen molar-refractivity contribution in [2.45, 2.75) is 72.8 Å². The molecule has 0 N–H and O–H groups in total. The van der Waals surface area contributed by atoms with Crippen molar-refractivity contribution in [3.8, 4) is 0 Å². The molecule has 0 radical (unpaired) electrons. The Hall–Kier alpha value is -0.370. The highest BCUT2D eigenvalue weighted by Gasteiger charge is 2.40. The molecule has 102 valence electrons. The van der Waals surface area contributed by atoms with Crippen LogP contribution in [0.2, 0.25) is 0 Å². The first-order valence-corrected chi connectivity index (χ1v) is 7.33. The number of nitrogens with zero attached hydrogens (tertiary/aromatic N) is 1. The third-order valence-electron chi connectivity index (χ3n) is 4.17. The first-order valence-electron chi connectivity index (χ1n) is 7.33. The van der Waals surface area contributed by atoms with Crippen molar-refractivity contribution in [2.75, 3.05) is 13.1 Å². The minimum absolute atomic E-state index is 0.195. The molecule has 2 nitrogen and oxygen atoms in total. The van der Waals surface area contributed by atoms with E-state index in [0.29, 0.717) is 5.78 Å². The molecule has 2 heteroatoms. The molecule has 0 aromatic heterocycles. The lowest BCUT2D eigenvalue weighted by Crippen LogP contribution is -2.55. The summed E-state index contributed by atoms with van der Waals surface area (Å²) in [4.78, 5) is 15.1. The van der Waals surface area contributed by atoms with Crippen LogP contribution in [0.1, 0.15) is 67.2 Å². The molecule has 0 aliphatic heterocycles. The van der Waals surface area contributed by atoms with Gasteiger partial charge in [-0.2, -0.15) is 0 Å². The van der Waals surface area contributed by atoms with E-state index < -0.39 is 0 Å². The number of carbonyl (C=O) groups is 1. The van der Waals surface area contributed by atoms with Gasteiger partial charge in [-0.3, -0.25) is 9.69 Å². The fourth-order valence-corrected chi connectivity index (χ4v) is 3.05. The molecular formula is C15H31NO. The average Bonchev–Trinajstić information content (AvgIpc) is 2.35. The summed E-state index contributed by atoms with van der Waals surface area (Å²) in [7, 11) is 0. The summed E-state index contributed by atoms with van der Waals surface area (Å²) in [6.45, 7) is 14.8. The summed E-state index contributed by atoms with van der Waals surface area (Å²) in [6.07, 6.45) is 3.96. The van der Waals surface area contributed by atoms with Crippen LogP contribution in [0.3, 0.4) is 0 Å². The van der Waals surface area contributed by atoms with Crippen molar-refractivity contribution in [3.05, 3.63) is 0 Å². The molecular weight excluding hydrogens is 210 g/mol. The zero-order chi connectivity index (χ0) is 13.5. The largest absolute Gasteiger partial charge is 0.297 e. The van der Waals surface area contributed by atoms with E-state index >= 15 is 0 Å². The Morgan fingerprint density at radius 2 is 1.53 bits per heavy atom. The second kappa shape index (κ2) is 7.86.